The Balaban J connectivity index is 2.47. The Morgan fingerprint density at radius 3 is 2.88 bits per heavy atom. The van der Waals surface area contributed by atoms with Crippen LogP contribution in [0.1, 0.15) is 38.2 Å². The maximum absolute atomic E-state index is 12.8. The monoisotopic (exact) mass is 220 g/mol. The summed E-state index contributed by atoms with van der Waals surface area (Å²) < 4.78 is 12.8. The Hall–Kier alpha value is -1.33. The lowest BCUT2D eigenvalue weighted by Crippen LogP contribution is -2.02. The molecular formula is C14H17FO. The lowest BCUT2D eigenvalue weighted by molar-refractivity contribution is 0.217. The van der Waals surface area contributed by atoms with Crippen molar-refractivity contribution >= 4 is 0 Å². The molecule has 1 atom stereocenters. The summed E-state index contributed by atoms with van der Waals surface area (Å²) in [4.78, 5) is 0. The first kappa shape index (κ1) is 12.7. The summed E-state index contributed by atoms with van der Waals surface area (Å²) in [5, 5.41) is 9.54. The average Bonchev–Trinajstić information content (AvgIpc) is 2.27. The SMILES string of the molecule is CCCCCC(O)C#Cc1cccc(F)c1. The van der Waals surface area contributed by atoms with Crippen molar-refractivity contribution in [1.82, 2.24) is 0 Å². The Bertz CT molecular complexity index is 376. The lowest BCUT2D eigenvalue weighted by atomic mass is 10.1. The highest BCUT2D eigenvalue weighted by Crippen LogP contribution is 2.04. The van der Waals surface area contributed by atoms with E-state index in [1.807, 2.05) is 0 Å². The van der Waals surface area contributed by atoms with Gasteiger partial charge in [0.15, 0.2) is 0 Å². The fraction of sp³-hybridized carbons (Fsp3) is 0.429. The first-order valence-electron chi connectivity index (χ1n) is 5.67. The fourth-order valence-corrected chi connectivity index (χ4v) is 1.39. The molecule has 0 saturated carbocycles. The van der Waals surface area contributed by atoms with E-state index in [1.165, 1.54) is 12.1 Å². The summed E-state index contributed by atoms with van der Waals surface area (Å²) in [5.41, 5.74) is 0.606. The van der Waals surface area contributed by atoms with Crippen molar-refractivity contribution in [2.45, 2.75) is 38.7 Å². The summed E-state index contributed by atoms with van der Waals surface area (Å²) in [6.45, 7) is 2.12. The molecule has 0 aliphatic rings. The molecule has 2 heteroatoms. The number of rotatable bonds is 4. The van der Waals surface area contributed by atoms with E-state index in [0.717, 1.165) is 19.3 Å². The summed E-state index contributed by atoms with van der Waals surface area (Å²) in [6.07, 6.45) is 3.31. The van der Waals surface area contributed by atoms with Crippen LogP contribution in [0.25, 0.3) is 0 Å². The number of hydrogen-bond acceptors (Lipinski definition) is 1. The minimum absolute atomic E-state index is 0.299. The zero-order chi connectivity index (χ0) is 11.8. The van der Waals surface area contributed by atoms with Crippen LogP contribution in [0.15, 0.2) is 24.3 Å². The van der Waals surface area contributed by atoms with Gasteiger partial charge in [-0.25, -0.2) is 4.39 Å². The predicted octanol–water partition coefficient (Wildman–Crippen LogP) is 3.12. The molecule has 1 aromatic rings. The number of unbranched alkanes of at least 4 members (excludes halogenated alkanes) is 2. The maximum atomic E-state index is 12.8. The normalized spacial score (nSPS) is 11.7. The van der Waals surface area contributed by atoms with Gasteiger partial charge >= 0.3 is 0 Å². The summed E-state index contributed by atoms with van der Waals surface area (Å²) in [6, 6.07) is 6.09. The molecule has 86 valence electrons. The highest BCUT2D eigenvalue weighted by atomic mass is 19.1. The molecule has 16 heavy (non-hydrogen) atoms. The van der Waals surface area contributed by atoms with Gasteiger partial charge in [-0.05, 0) is 31.0 Å². The fourth-order valence-electron chi connectivity index (χ4n) is 1.39. The first-order chi connectivity index (χ1) is 7.72. The second kappa shape index (κ2) is 7.03. The van der Waals surface area contributed by atoms with E-state index in [4.69, 9.17) is 0 Å². The molecule has 0 bridgehead atoms. The third-order valence-corrected chi connectivity index (χ3v) is 2.29. The van der Waals surface area contributed by atoms with Gasteiger partial charge < -0.3 is 5.11 Å². The highest BCUT2D eigenvalue weighted by Gasteiger charge is 1.98. The van der Waals surface area contributed by atoms with Gasteiger partial charge in [0, 0.05) is 5.56 Å². The van der Waals surface area contributed by atoms with Crippen LogP contribution in [-0.2, 0) is 0 Å². The molecule has 0 fully saturated rings. The molecule has 0 saturated heterocycles. The van der Waals surface area contributed by atoms with Gasteiger partial charge in [-0.1, -0.05) is 37.7 Å². The Kier molecular flexibility index (Phi) is 5.60. The third-order valence-electron chi connectivity index (χ3n) is 2.29. The number of aliphatic hydroxyl groups is 1. The largest absolute Gasteiger partial charge is 0.380 e. The van der Waals surface area contributed by atoms with E-state index in [1.54, 1.807) is 12.1 Å². The minimum atomic E-state index is -0.602. The molecule has 0 heterocycles. The topological polar surface area (TPSA) is 20.2 Å². The minimum Gasteiger partial charge on any atom is -0.380 e. The van der Waals surface area contributed by atoms with Gasteiger partial charge in [0.25, 0.3) is 0 Å². The molecule has 0 spiro atoms. The predicted molar refractivity (Wildman–Crippen MR) is 63.4 cm³/mol. The number of hydrogen-bond donors (Lipinski definition) is 1. The molecule has 0 aliphatic heterocycles. The molecule has 1 rings (SSSR count). The molecule has 1 unspecified atom stereocenters. The van der Waals surface area contributed by atoms with Crippen molar-refractivity contribution in [1.29, 1.82) is 0 Å². The van der Waals surface area contributed by atoms with Crippen LogP contribution < -0.4 is 0 Å². The summed E-state index contributed by atoms with van der Waals surface area (Å²) in [7, 11) is 0. The van der Waals surface area contributed by atoms with Gasteiger partial charge in [-0.3, -0.25) is 0 Å². The molecule has 0 radical (unpaired) electrons. The quantitative estimate of drug-likeness (QED) is 0.610. The molecular weight excluding hydrogens is 203 g/mol. The first-order valence-corrected chi connectivity index (χ1v) is 5.67. The van der Waals surface area contributed by atoms with Gasteiger partial charge in [-0.2, -0.15) is 0 Å². The summed E-state index contributed by atoms with van der Waals surface area (Å²) in [5.74, 6) is 5.20. The Morgan fingerprint density at radius 1 is 1.38 bits per heavy atom. The molecule has 1 aromatic carbocycles. The number of benzene rings is 1. The standard InChI is InChI=1S/C14H17FO/c1-2-3-4-8-14(16)10-9-12-6-5-7-13(15)11-12/h5-7,11,14,16H,2-4,8H2,1H3. The highest BCUT2D eigenvalue weighted by molar-refractivity contribution is 5.34. The summed E-state index contributed by atoms with van der Waals surface area (Å²) >= 11 is 0. The van der Waals surface area contributed by atoms with Crippen LogP contribution in [0, 0.1) is 17.7 Å². The second-order valence-corrected chi connectivity index (χ2v) is 3.79. The van der Waals surface area contributed by atoms with E-state index >= 15 is 0 Å². The molecule has 0 aromatic heterocycles. The molecule has 0 aliphatic carbocycles. The third kappa shape index (κ3) is 4.95. The van der Waals surface area contributed by atoms with Crippen LogP contribution in [0.4, 0.5) is 4.39 Å². The average molecular weight is 220 g/mol. The van der Waals surface area contributed by atoms with Crippen LogP contribution in [0.2, 0.25) is 0 Å². The van der Waals surface area contributed by atoms with Crippen LogP contribution in [0.3, 0.4) is 0 Å². The van der Waals surface area contributed by atoms with Gasteiger partial charge in [-0.15, -0.1) is 0 Å². The number of aliphatic hydroxyl groups excluding tert-OH is 1. The Morgan fingerprint density at radius 2 is 2.19 bits per heavy atom. The molecule has 0 amide bonds. The Labute approximate surface area is 96.3 Å². The van der Waals surface area contributed by atoms with Crippen molar-refractivity contribution in [3.05, 3.63) is 35.6 Å². The van der Waals surface area contributed by atoms with E-state index in [2.05, 4.69) is 18.8 Å². The van der Waals surface area contributed by atoms with Crippen molar-refractivity contribution in [3.8, 4) is 11.8 Å². The van der Waals surface area contributed by atoms with E-state index < -0.39 is 6.10 Å². The van der Waals surface area contributed by atoms with E-state index in [9.17, 15) is 9.50 Å². The zero-order valence-corrected chi connectivity index (χ0v) is 9.54. The lowest BCUT2D eigenvalue weighted by Gasteiger charge is -2.01. The molecule has 1 nitrogen and oxygen atoms in total. The van der Waals surface area contributed by atoms with Crippen LogP contribution >= 0.6 is 0 Å². The van der Waals surface area contributed by atoms with Crippen molar-refractivity contribution in [2.24, 2.45) is 0 Å². The van der Waals surface area contributed by atoms with E-state index in [0.29, 0.717) is 12.0 Å². The maximum Gasteiger partial charge on any atom is 0.124 e. The smallest absolute Gasteiger partial charge is 0.124 e. The van der Waals surface area contributed by atoms with Crippen molar-refractivity contribution < 1.29 is 9.50 Å². The van der Waals surface area contributed by atoms with Crippen LogP contribution in [-0.4, -0.2) is 11.2 Å². The van der Waals surface area contributed by atoms with Crippen LogP contribution in [0.5, 0.6) is 0 Å². The second-order valence-electron chi connectivity index (χ2n) is 3.79. The van der Waals surface area contributed by atoms with Gasteiger partial charge in [0.2, 0.25) is 0 Å². The number of halogens is 1. The molecule has 1 N–H and O–H groups in total. The van der Waals surface area contributed by atoms with E-state index in [-0.39, 0.29) is 5.82 Å². The van der Waals surface area contributed by atoms with Gasteiger partial charge in [0.05, 0.1) is 0 Å². The van der Waals surface area contributed by atoms with Crippen molar-refractivity contribution in [3.63, 3.8) is 0 Å². The van der Waals surface area contributed by atoms with Gasteiger partial charge in [0.1, 0.15) is 11.9 Å². The van der Waals surface area contributed by atoms with Crippen molar-refractivity contribution in [2.75, 3.05) is 0 Å². The zero-order valence-electron chi connectivity index (χ0n) is 9.54.